The third-order valence-electron chi connectivity index (χ3n) is 7.26. The molecule has 3 heterocycles. The van der Waals surface area contributed by atoms with E-state index in [1.54, 1.807) is 30.3 Å². The summed E-state index contributed by atoms with van der Waals surface area (Å²) in [4.78, 5) is 34.1. The first-order chi connectivity index (χ1) is 19.0. The lowest BCUT2D eigenvalue weighted by atomic mass is 9.98. The summed E-state index contributed by atoms with van der Waals surface area (Å²) in [6, 6.07) is 10.4. The Balaban J connectivity index is 1.19. The second kappa shape index (κ2) is 10.8. The van der Waals surface area contributed by atoms with Gasteiger partial charge in [-0.05, 0) is 74.2 Å². The topological polar surface area (TPSA) is 116 Å². The molecule has 6 rings (SSSR count). The molecule has 0 spiro atoms. The molecule has 9 nitrogen and oxygen atoms in total. The van der Waals surface area contributed by atoms with Gasteiger partial charge in [0.15, 0.2) is 0 Å². The number of rotatable bonds is 7. The number of carbonyl (C=O) groups excluding carboxylic acids is 1. The van der Waals surface area contributed by atoms with Crippen LogP contribution in [-0.2, 0) is 11.2 Å². The molecule has 2 aromatic carbocycles. The molecule has 1 fully saturated rings. The SMILES string of the molecule is O=C(Nc1nc2ccc(-c3cc(Cc4n[nH]c(=O)c5c4=CCCC=5)ccc3F)cc2[nH]1)OCCN1CCCC1. The number of H-pyrrole nitrogens is 2. The zero-order valence-electron chi connectivity index (χ0n) is 21.4. The van der Waals surface area contributed by atoms with E-state index in [-0.39, 0.29) is 17.3 Å². The van der Waals surface area contributed by atoms with E-state index in [0.29, 0.717) is 40.4 Å². The van der Waals surface area contributed by atoms with Gasteiger partial charge in [-0.25, -0.2) is 19.3 Å². The standard InChI is InChI=1S/C29H29FN6O3/c30-23-9-7-18(16-25-20-5-1-2-6-21(20)27(37)35-34-25)15-22(23)19-8-10-24-26(17-19)32-28(31-24)33-29(38)39-14-13-36-11-3-4-12-36/h5-10,15,17H,1-4,11-14,16H2,(H,35,37)(H2,31,32,33,38). The summed E-state index contributed by atoms with van der Waals surface area (Å²) in [7, 11) is 0. The summed E-state index contributed by atoms with van der Waals surface area (Å²) in [5, 5.41) is 11.0. The van der Waals surface area contributed by atoms with Gasteiger partial charge in [0.2, 0.25) is 5.95 Å². The quantitative estimate of drug-likeness (QED) is 0.340. The highest BCUT2D eigenvalue weighted by molar-refractivity contribution is 5.88. The highest BCUT2D eigenvalue weighted by Crippen LogP contribution is 2.28. The third-order valence-corrected chi connectivity index (χ3v) is 7.26. The molecular formula is C29H29FN6O3. The molecule has 0 radical (unpaired) electrons. The number of hydrogen-bond donors (Lipinski definition) is 3. The first-order valence-corrected chi connectivity index (χ1v) is 13.3. The van der Waals surface area contributed by atoms with E-state index in [4.69, 9.17) is 4.74 Å². The fourth-order valence-electron chi connectivity index (χ4n) is 5.28. The minimum Gasteiger partial charge on any atom is -0.448 e. The van der Waals surface area contributed by atoms with Gasteiger partial charge in [0, 0.05) is 29.0 Å². The average molecular weight is 529 g/mol. The first kappa shape index (κ1) is 25.0. The highest BCUT2D eigenvalue weighted by atomic mass is 19.1. The second-order valence-electron chi connectivity index (χ2n) is 9.93. The number of halogens is 1. The van der Waals surface area contributed by atoms with Crippen molar-refractivity contribution in [1.82, 2.24) is 25.1 Å². The minimum atomic E-state index is -0.569. The molecule has 39 heavy (non-hydrogen) atoms. The fourth-order valence-corrected chi connectivity index (χ4v) is 5.28. The molecule has 1 amide bonds. The smallest absolute Gasteiger partial charge is 0.414 e. The summed E-state index contributed by atoms with van der Waals surface area (Å²) in [6.07, 6.45) is 7.92. The number of benzene rings is 2. The van der Waals surface area contributed by atoms with Gasteiger partial charge in [0.25, 0.3) is 5.56 Å². The fraction of sp³-hybridized carbons (Fsp3) is 0.310. The second-order valence-corrected chi connectivity index (χ2v) is 9.93. The maximum atomic E-state index is 15.0. The van der Waals surface area contributed by atoms with Crippen LogP contribution in [0.15, 0.2) is 41.2 Å². The van der Waals surface area contributed by atoms with E-state index in [1.807, 2.05) is 12.2 Å². The van der Waals surface area contributed by atoms with Crippen molar-refractivity contribution in [3.8, 4) is 11.1 Å². The molecule has 2 aliphatic rings. The predicted molar refractivity (Wildman–Crippen MR) is 147 cm³/mol. The van der Waals surface area contributed by atoms with Crippen LogP contribution < -0.4 is 21.3 Å². The molecule has 0 unspecified atom stereocenters. The molecule has 0 bridgehead atoms. The van der Waals surface area contributed by atoms with Crippen LogP contribution in [0, 0.1) is 5.82 Å². The normalized spacial score (nSPS) is 15.0. The van der Waals surface area contributed by atoms with E-state index in [2.05, 4.69) is 30.4 Å². The van der Waals surface area contributed by atoms with Gasteiger partial charge in [-0.15, -0.1) is 0 Å². The molecule has 1 aliphatic carbocycles. The number of amides is 1. The Morgan fingerprint density at radius 3 is 2.74 bits per heavy atom. The van der Waals surface area contributed by atoms with Gasteiger partial charge in [-0.1, -0.05) is 24.3 Å². The summed E-state index contributed by atoms with van der Waals surface area (Å²) >= 11 is 0. The van der Waals surface area contributed by atoms with Crippen molar-refractivity contribution in [1.29, 1.82) is 0 Å². The van der Waals surface area contributed by atoms with Gasteiger partial charge in [-0.3, -0.25) is 15.0 Å². The van der Waals surface area contributed by atoms with E-state index in [1.165, 1.54) is 18.9 Å². The van der Waals surface area contributed by atoms with Crippen LogP contribution in [0.2, 0.25) is 0 Å². The molecule has 2 aromatic heterocycles. The number of hydrogen-bond acceptors (Lipinski definition) is 6. The zero-order valence-corrected chi connectivity index (χ0v) is 21.4. The number of ether oxygens (including phenoxy) is 1. The summed E-state index contributed by atoms with van der Waals surface area (Å²) < 4.78 is 20.2. The van der Waals surface area contributed by atoms with Crippen LogP contribution in [0.4, 0.5) is 15.1 Å². The van der Waals surface area contributed by atoms with Crippen molar-refractivity contribution in [2.75, 3.05) is 31.6 Å². The Labute approximate surface area is 223 Å². The van der Waals surface area contributed by atoms with Gasteiger partial charge >= 0.3 is 6.09 Å². The van der Waals surface area contributed by atoms with Crippen molar-refractivity contribution < 1.29 is 13.9 Å². The van der Waals surface area contributed by atoms with Crippen LogP contribution in [0.25, 0.3) is 34.3 Å². The molecular weight excluding hydrogens is 499 g/mol. The number of likely N-dealkylation sites (tertiary alicyclic amines) is 1. The number of aromatic nitrogens is 4. The summed E-state index contributed by atoms with van der Waals surface area (Å²) in [5.41, 5.74) is 3.84. The maximum absolute atomic E-state index is 15.0. The minimum absolute atomic E-state index is 0.193. The third kappa shape index (κ3) is 5.46. The number of aromatic amines is 2. The zero-order chi connectivity index (χ0) is 26.8. The summed E-state index contributed by atoms with van der Waals surface area (Å²) in [5.74, 6) is -0.0848. The molecule has 10 heteroatoms. The Hall–Kier alpha value is -4.31. The number of anilines is 1. The van der Waals surface area contributed by atoms with Crippen LogP contribution in [0.5, 0.6) is 0 Å². The number of fused-ring (bicyclic) bond motifs is 2. The van der Waals surface area contributed by atoms with Gasteiger partial charge < -0.3 is 9.72 Å². The van der Waals surface area contributed by atoms with Crippen LogP contribution in [-0.4, -0.2) is 57.4 Å². The molecule has 0 saturated carbocycles. The predicted octanol–water partition coefficient (Wildman–Crippen LogP) is 3.04. The van der Waals surface area contributed by atoms with E-state index in [0.717, 1.165) is 49.0 Å². The monoisotopic (exact) mass is 528 g/mol. The van der Waals surface area contributed by atoms with Gasteiger partial charge in [-0.2, -0.15) is 5.10 Å². The van der Waals surface area contributed by atoms with Crippen LogP contribution in [0.1, 0.15) is 36.9 Å². The number of nitrogens with zero attached hydrogens (tertiary/aromatic N) is 3. The number of imidazole rings is 1. The molecule has 200 valence electrons. The molecule has 1 saturated heterocycles. The molecule has 1 aliphatic heterocycles. The van der Waals surface area contributed by atoms with Gasteiger partial charge in [0.05, 0.1) is 16.7 Å². The Bertz CT molecular complexity index is 1720. The lowest BCUT2D eigenvalue weighted by molar-refractivity contribution is 0.146. The Kier molecular flexibility index (Phi) is 6.93. The van der Waals surface area contributed by atoms with Crippen LogP contribution >= 0.6 is 0 Å². The van der Waals surface area contributed by atoms with Crippen molar-refractivity contribution in [2.45, 2.75) is 32.1 Å². The Morgan fingerprint density at radius 2 is 1.90 bits per heavy atom. The number of nitrogens with one attached hydrogen (secondary N) is 3. The molecule has 4 aromatic rings. The Morgan fingerprint density at radius 1 is 1.08 bits per heavy atom. The number of carbonyl (C=O) groups is 1. The maximum Gasteiger partial charge on any atom is 0.414 e. The highest BCUT2D eigenvalue weighted by Gasteiger charge is 2.15. The van der Waals surface area contributed by atoms with Crippen molar-refractivity contribution >= 4 is 35.2 Å². The molecule has 3 N–H and O–H groups in total. The lowest BCUT2D eigenvalue weighted by Gasteiger charge is -2.13. The van der Waals surface area contributed by atoms with Gasteiger partial charge in [0.1, 0.15) is 12.4 Å². The van der Waals surface area contributed by atoms with E-state index in [9.17, 15) is 14.0 Å². The average Bonchev–Trinajstić information content (AvgIpc) is 3.60. The van der Waals surface area contributed by atoms with Crippen LogP contribution in [0.3, 0.4) is 0 Å². The summed E-state index contributed by atoms with van der Waals surface area (Å²) in [6.45, 7) is 3.13. The van der Waals surface area contributed by atoms with Crippen molar-refractivity contribution in [3.63, 3.8) is 0 Å². The van der Waals surface area contributed by atoms with Crippen molar-refractivity contribution in [2.24, 2.45) is 0 Å². The molecule has 0 atom stereocenters. The first-order valence-electron chi connectivity index (χ1n) is 13.3. The van der Waals surface area contributed by atoms with E-state index < -0.39 is 6.09 Å². The van der Waals surface area contributed by atoms with E-state index >= 15 is 0 Å². The lowest BCUT2D eigenvalue weighted by Crippen LogP contribution is -2.45. The van der Waals surface area contributed by atoms with Crippen molar-refractivity contribution in [3.05, 3.63) is 74.3 Å². The largest absolute Gasteiger partial charge is 0.448 e.